The molecule has 0 bridgehead atoms. The molecule has 1 amide bonds. The Labute approximate surface area is 613 Å². The first-order valence-electron chi connectivity index (χ1n) is 35.8. The summed E-state index contributed by atoms with van der Waals surface area (Å²) in [6.07, 6.45) is -13.2. The largest absolute Gasteiger partial charge is 0.418 e. The van der Waals surface area contributed by atoms with Crippen molar-refractivity contribution < 1.29 is 76.3 Å². The first-order valence-corrected chi connectivity index (χ1v) is 35.8. The van der Waals surface area contributed by atoms with Gasteiger partial charge in [0.05, 0.1) is 84.8 Å². The first kappa shape index (κ1) is 73.9. The number of likely N-dealkylation sites (tertiary alicyclic amines) is 1. The molecule has 542 valence electrons. The lowest BCUT2D eigenvalue weighted by atomic mass is 9.86. The second kappa shape index (κ2) is 37.5. The minimum Gasteiger partial charge on any atom is -0.375 e. The molecule has 17 heteroatoms. The number of esters is 1. The molecule has 0 spiro atoms. The van der Waals surface area contributed by atoms with Gasteiger partial charge < -0.3 is 66.7 Å². The number of amides is 1. The number of hydrogen-bond acceptors (Lipinski definition) is 16. The van der Waals surface area contributed by atoms with Crippen molar-refractivity contribution in [2.75, 3.05) is 19.8 Å². The van der Waals surface area contributed by atoms with Crippen molar-refractivity contribution in [1.29, 1.82) is 0 Å². The summed E-state index contributed by atoms with van der Waals surface area (Å²) in [7, 11) is 0. The van der Waals surface area contributed by atoms with Gasteiger partial charge in [-0.25, -0.2) is 9.59 Å². The lowest BCUT2D eigenvalue weighted by Gasteiger charge is -2.50. The summed E-state index contributed by atoms with van der Waals surface area (Å²) in [6.45, 7) is 2.70. The minimum atomic E-state index is -2.41. The number of hydrogen-bond donors (Lipinski definition) is 1. The SMILES string of the molecule is C[C@H]1O[C@H](O[C@H]2[C@H](OCc3ccccc3)[C@@H](OCc3ccccc3)[C@@H](O[C@H]3[C@@H](OCc4ccccc4)CN(C(=O)OC(=O)C(O)(c4ccccc4)c4ccccc4)[C@@H]3COCc3ccccc3)O[C@@H]2COCc2ccccc2)[C@H](OCc2ccccc2)[C@@H](OCc2ccccc2)[C@@H]1OCc1ccccc1. The third-order valence-electron chi connectivity index (χ3n) is 19.0. The average Bonchev–Trinajstić information content (AvgIpc) is 1.75. The van der Waals surface area contributed by atoms with Crippen LogP contribution < -0.4 is 0 Å². The summed E-state index contributed by atoms with van der Waals surface area (Å²) >= 11 is 0. The number of ether oxygens (including phenoxy) is 13. The monoisotopic (exact) mass is 1420 g/mol. The van der Waals surface area contributed by atoms with Crippen molar-refractivity contribution in [3.8, 4) is 0 Å². The van der Waals surface area contributed by atoms with Gasteiger partial charge in [0.15, 0.2) is 12.6 Å². The van der Waals surface area contributed by atoms with Gasteiger partial charge in [-0.2, -0.15) is 0 Å². The van der Waals surface area contributed by atoms with Gasteiger partial charge in [0, 0.05) is 0 Å². The van der Waals surface area contributed by atoms with Crippen molar-refractivity contribution in [3.63, 3.8) is 0 Å². The number of carbonyl (C=O) groups is 2. The van der Waals surface area contributed by atoms with Gasteiger partial charge >= 0.3 is 12.1 Å². The van der Waals surface area contributed by atoms with E-state index in [2.05, 4.69) is 0 Å². The van der Waals surface area contributed by atoms with E-state index in [0.29, 0.717) is 0 Å². The van der Waals surface area contributed by atoms with Gasteiger partial charge in [0.1, 0.15) is 54.9 Å². The molecule has 0 saturated carbocycles. The van der Waals surface area contributed by atoms with E-state index in [-0.39, 0.29) is 83.7 Å². The second-order valence-corrected chi connectivity index (χ2v) is 26.4. The van der Waals surface area contributed by atoms with Crippen molar-refractivity contribution in [1.82, 2.24) is 4.90 Å². The van der Waals surface area contributed by atoms with Crippen LogP contribution in [0.25, 0.3) is 0 Å². The highest BCUT2D eigenvalue weighted by atomic mass is 16.8. The number of aliphatic hydroxyl groups is 1. The van der Waals surface area contributed by atoms with Crippen LogP contribution in [0, 0.1) is 0 Å². The number of rotatable bonds is 33. The minimum absolute atomic E-state index is 0.0476. The zero-order valence-electron chi connectivity index (χ0n) is 58.7. The molecule has 1 N–H and O–H groups in total. The molecule has 3 aliphatic heterocycles. The third kappa shape index (κ3) is 19.8. The lowest BCUT2D eigenvalue weighted by Crippen LogP contribution is -2.66. The Morgan fingerprint density at radius 1 is 0.362 bits per heavy atom. The molecule has 3 heterocycles. The van der Waals surface area contributed by atoms with Crippen molar-refractivity contribution in [3.05, 3.63) is 359 Å². The van der Waals surface area contributed by atoms with E-state index in [4.69, 9.17) is 61.6 Å². The molecule has 105 heavy (non-hydrogen) atoms. The molecule has 3 aliphatic rings. The molecule has 0 radical (unpaired) electrons. The van der Waals surface area contributed by atoms with Crippen LogP contribution in [0.2, 0.25) is 0 Å². The Balaban J connectivity index is 0.910. The normalized spacial score (nSPS) is 23.2. The van der Waals surface area contributed by atoms with Crippen LogP contribution >= 0.6 is 0 Å². The molecule has 3 saturated heterocycles. The van der Waals surface area contributed by atoms with Gasteiger partial charge in [0.2, 0.25) is 5.60 Å². The standard InChI is InChI=1S/C88H89NO16/c1-63-77(96-56-67-38-18-5-19-39-67)80(97-57-68-40-20-6-21-41-68)82(99-59-70-44-24-8-25-45-70)84(101-63)104-79-76(62-94-54-65-34-14-3-15-35-65)102-85(83(100-60-71-46-26-9-27-47-71)81(79)98-58-69-42-22-7-23-43-69)103-78-74(61-93-53-64-32-12-2-13-33-64)89(52-75(78)95-55-66-36-16-4-17-37-66)87(91)105-86(90)88(92,72-48-28-10-29-49-72)73-50-30-11-31-51-73/h2-51,63,74-85,92H,52-62H2,1H3/t63-,74-,75+,76-,77-,78-,79-,80+,81+,82-,83-,84-,85-/m1/s1. The highest BCUT2D eigenvalue weighted by Gasteiger charge is 2.57. The summed E-state index contributed by atoms with van der Waals surface area (Å²) in [5.41, 5.74) is 5.12. The van der Waals surface area contributed by atoms with E-state index >= 15 is 4.79 Å². The van der Waals surface area contributed by atoms with Crippen LogP contribution in [0.5, 0.6) is 0 Å². The lowest BCUT2D eigenvalue weighted by molar-refractivity contribution is -0.379. The molecular weight excluding hydrogens is 1330 g/mol. The first-order chi connectivity index (χ1) is 51.7. The van der Waals surface area contributed by atoms with Crippen molar-refractivity contribution >= 4 is 12.1 Å². The predicted molar refractivity (Wildman–Crippen MR) is 393 cm³/mol. The van der Waals surface area contributed by atoms with Crippen LogP contribution in [0.1, 0.15) is 62.6 Å². The Hall–Kier alpha value is -9.38. The number of carbonyl (C=O) groups excluding carboxylic acids is 2. The Kier molecular flexibility index (Phi) is 26.4. The van der Waals surface area contributed by atoms with Crippen LogP contribution in [-0.2, 0) is 125 Å². The number of benzene rings is 10. The summed E-state index contributed by atoms with van der Waals surface area (Å²) < 4.78 is 92.4. The summed E-state index contributed by atoms with van der Waals surface area (Å²) in [5.74, 6) is -1.22. The van der Waals surface area contributed by atoms with E-state index < -0.39 is 97.3 Å². The van der Waals surface area contributed by atoms with Crippen LogP contribution in [-0.4, -0.2) is 121 Å². The zero-order chi connectivity index (χ0) is 71.8. The molecule has 0 aliphatic carbocycles. The molecule has 10 aromatic carbocycles. The molecule has 13 atom stereocenters. The second-order valence-electron chi connectivity index (χ2n) is 26.4. The maximum atomic E-state index is 15.5. The molecule has 3 fully saturated rings. The summed E-state index contributed by atoms with van der Waals surface area (Å²) in [6, 6.07) is 94.3. The Morgan fingerprint density at radius 3 is 1.06 bits per heavy atom. The van der Waals surface area contributed by atoms with Crippen LogP contribution in [0.15, 0.2) is 303 Å². The van der Waals surface area contributed by atoms with Gasteiger partial charge in [-0.1, -0.05) is 303 Å². The van der Waals surface area contributed by atoms with Crippen molar-refractivity contribution in [2.24, 2.45) is 0 Å². The topological polar surface area (TPSA) is 178 Å². The maximum absolute atomic E-state index is 15.5. The number of nitrogens with zero attached hydrogens (tertiary/aromatic N) is 1. The fourth-order valence-corrected chi connectivity index (χ4v) is 13.5. The smallest absolute Gasteiger partial charge is 0.375 e. The van der Waals surface area contributed by atoms with Gasteiger partial charge in [0.25, 0.3) is 0 Å². The molecule has 0 aromatic heterocycles. The molecular formula is C88H89NO16. The third-order valence-corrected chi connectivity index (χ3v) is 19.0. The predicted octanol–water partition coefficient (Wildman–Crippen LogP) is 14.5. The van der Waals surface area contributed by atoms with E-state index in [1.165, 1.54) is 4.90 Å². The highest BCUT2D eigenvalue weighted by molar-refractivity contribution is 5.93. The van der Waals surface area contributed by atoms with E-state index in [1.807, 2.05) is 250 Å². The summed E-state index contributed by atoms with van der Waals surface area (Å²) in [4.78, 5) is 31.8. The molecule has 0 unspecified atom stereocenters. The fraction of sp³-hybridized carbons (Fsp3) is 0.295. The maximum Gasteiger partial charge on any atom is 0.418 e. The molecule has 10 aromatic rings. The molecule has 13 rings (SSSR count). The average molecular weight is 1420 g/mol. The van der Waals surface area contributed by atoms with Crippen LogP contribution in [0.3, 0.4) is 0 Å². The highest BCUT2D eigenvalue weighted by Crippen LogP contribution is 2.40. The Morgan fingerprint density at radius 2 is 0.667 bits per heavy atom. The van der Waals surface area contributed by atoms with Gasteiger partial charge in [-0.3, -0.25) is 4.90 Å². The van der Waals surface area contributed by atoms with E-state index in [0.717, 1.165) is 44.5 Å². The quantitative estimate of drug-likeness (QED) is 0.0303. The fourth-order valence-electron chi connectivity index (χ4n) is 13.5. The zero-order valence-corrected chi connectivity index (χ0v) is 58.7. The Bertz CT molecular complexity index is 4130. The summed E-state index contributed by atoms with van der Waals surface area (Å²) in [5, 5.41) is 12.7. The van der Waals surface area contributed by atoms with Crippen molar-refractivity contribution in [2.45, 2.75) is 145 Å². The van der Waals surface area contributed by atoms with E-state index in [9.17, 15) is 9.90 Å². The van der Waals surface area contributed by atoms with E-state index in [1.54, 1.807) is 60.7 Å². The van der Waals surface area contributed by atoms with Gasteiger partial charge in [-0.05, 0) is 62.6 Å². The van der Waals surface area contributed by atoms with Crippen LogP contribution in [0.4, 0.5) is 4.79 Å². The molecule has 17 nitrogen and oxygen atoms in total. The van der Waals surface area contributed by atoms with Gasteiger partial charge in [-0.15, -0.1) is 0 Å².